The Balaban J connectivity index is 0.000000124. The van der Waals surface area contributed by atoms with Crippen LogP contribution in [0.4, 0.5) is 17.6 Å². The van der Waals surface area contributed by atoms with Gasteiger partial charge in [-0.3, -0.25) is 58.9 Å². The van der Waals surface area contributed by atoms with E-state index in [1.54, 1.807) is 12.4 Å². The second kappa shape index (κ2) is 46.0. The first-order valence-corrected chi connectivity index (χ1v) is 49.4. The van der Waals surface area contributed by atoms with E-state index in [1.807, 2.05) is 49.4 Å². The predicted molar refractivity (Wildman–Crippen MR) is 526 cm³/mol. The number of halogens is 4. The molecule has 0 aliphatic heterocycles. The van der Waals surface area contributed by atoms with Gasteiger partial charge in [0.25, 0.3) is 27.8 Å². The van der Waals surface area contributed by atoms with Crippen LogP contribution in [0.1, 0.15) is 275 Å². The van der Waals surface area contributed by atoms with Crippen molar-refractivity contribution in [1.82, 2.24) is 59.8 Å². The third-order valence-electron chi connectivity index (χ3n) is 27.1. The van der Waals surface area contributed by atoms with Gasteiger partial charge in [0.05, 0.1) is 28.5 Å². The minimum absolute atomic E-state index is 0.0185. The maximum absolute atomic E-state index is 13.2. The van der Waals surface area contributed by atoms with Crippen molar-refractivity contribution in [3.05, 3.63) is 257 Å². The molecule has 754 valence electrons. The minimum atomic E-state index is -2.67. The standard InChI is InChI=1S/C23H24N4O4.C21H22N4O4.C20H23F2N3O4.C20H19N3O4.C19H21F2N3O4/c28-18-13-16(11-10-14-5-1-2-6-14)19-21(29)25-23(26-22(19)30-18)31-27-17-9-3-7-15-8-4-12-24-20(15)17;1-12(2)8-9-14-11-16(26)28-20-17(14)19(27)23-21(24-20)29-25-15-7-3-5-13-6-4-10-22-18(13)15;21-20(22)9-7-14(8-10-20)25-29-19-23-17(27)16-13(6-5-12-3-1-2-4-12)11-15(26)28-18(16)24-19;1-2-6-13-11-16(24)26-19-17(13)18(25)21-20(22-19)27-23-15-10-5-8-12-7-3-4-9-14(12)15;20-19(21)8-6-13(7-9-19)24-28-18-22-16(26)15-12(5-4-11-2-1-3-11)10-14(25)27-17(15)23-18/h4,8,12-14H,1-3,5-7,9-11H2,(H,25,26,29);4,6,10-12H,3,5,7-9H2,1-2H3,(H,23,24,27);11-12H,1-10H2,(H,23,24,27);3-4,7,9,11H,2,5-6,8,10H2,1H3,(H,21,22,25);10-11H,1-9H2,(H,22,23,26)/b27-17+;25-15+;;23-15+;. The molecule has 12 aromatic heterocycles. The van der Waals surface area contributed by atoms with Crippen molar-refractivity contribution in [2.24, 2.45) is 49.5 Å². The number of hydrogen-bond acceptors (Lipinski definition) is 32. The number of rotatable bonds is 24. The average molecular weight is 1980 g/mol. The summed E-state index contributed by atoms with van der Waals surface area (Å²) >= 11 is 0. The van der Waals surface area contributed by atoms with Gasteiger partial charge in [0.15, 0.2) is 0 Å². The number of oxime groups is 5. The van der Waals surface area contributed by atoms with E-state index in [0.717, 1.165) is 124 Å². The lowest BCUT2D eigenvalue weighted by Crippen LogP contribution is -2.25. The molecule has 8 aliphatic rings. The fourth-order valence-electron chi connectivity index (χ4n) is 19.3. The zero-order valence-electron chi connectivity index (χ0n) is 79.9. The van der Waals surface area contributed by atoms with Crippen LogP contribution in [0.3, 0.4) is 0 Å². The van der Waals surface area contributed by atoms with E-state index in [2.05, 4.69) is 106 Å². The highest BCUT2D eigenvalue weighted by Crippen LogP contribution is 2.37. The van der Waals surface area contributed by atoms with Gasteiger partial charge in [0.2, 0.25) is 40.4 Å². The van der Waals surface area contributed by atoms with Crippen molar-refractivity contribution >= 4 is 84.1 Å². The molecular weight excluding hydrogens is 1870 g/mol. The molecule has 12 heterocycles. The lowest BCUT2D eigenvalue weighted by molar-refractivity contribution is -0.0191. The Labute approximate surface area is 816 Å². The van der Waals surface area contributed by atoms with Crippen molar-refractivity contribution in [2.75, 3.05) is 0 Å². The third-order valence-corrected chi connectivity index (χ3v) is 27.1. The van der Waals surface area contributed by atoms with Gasteiger partial charge < -0.3 is 46.3 Å². The van der Waals surface area contributed by atoms with Crippen LogP contribution < -0.4 is 80.1 Å². The number of nitrogens with one attached hydrogen (secondary N) is 5. The molecule has 0 amide bonds. The number of aromatic amines is 5. The highest BCUT2D eigenvalue weighted by atomic mass is 19.3. The van der Waals surface area contributed by atoms with E-state index in [4.69, 9.17) is 46.3 Å². The second-order valence-electron chi connectivity index (χ2n) is 37.9. The molecule has 8 aliphatic carbocycles. The van der Waals surface area contributed by atoms with Gasteiger partial charge in [-0.25, -0.2) is 41.5 Å². The Hall–Kier alpha value is -15.0. The third kappa shape index (κ3) is 25.7. The molecule has 0 radical (unpaired) electrons. The number of H-pyrrole nitrogens is 5. The summed E-state index contributed by atoms with van der Waals surface area (Å²) in [5.74, 6) is -3.00. The number of pyridine rings is 2. The van der Waals surface area contributed by atoms with Crippen molar-refractivity contribution < 1.29 is 63.8 Å². The fraction of sp³-hybridized carbons (Fsp3) is 0.456. The number of benzene rings is 1. The first-order valence-electron chi connectivity index (χ1n) is 49.4. The monoisotopic (exact) mass is 1980 g/mol. The molecule has 21 rings (SSSR count). The van der Waals surface area contributed by atoms with E-state index in [1.165, 1.54) is 107 Å². The molecule has 13 aromatic rings. The molecule has 41 heteroatoms. The first-order chi connectivity index (χ1) is 69.6. The van der Waals surface area contributed by atoms with Gasteiger partial charge in [-0.15, -0.1) is 0 Å². The van der Waals surface area contributed by atoms with Crippen LogP contribution in [0, 0.1) is 23.7 Å². The van der Waals surface area contributed by atoms with Crippen LogP contribution in [0.25, 0.3) is 55.5 Å². The topological polar surface area (TPSA) is 514 Å². The number of aryl methyl sites for hydroxylation is 8. The van der Waals surface area contributed by atoms with Crippen LogP contribution >= 0.6 is 0 Å². The molecule has 0 spiro atoms. The van der Waals surface area contributed by atoms with Crippen molar-refractivity contribution in [1.29, 1.82) is 0 Å². The van der Waals surface area contributed by atoms with E-state index >= 15 is 0 Å². The summed E-state index contributed by atoms with van der Waals surface area (Å²) in [5.41, 5.74) is 7.15. The Bertz CT molecular complexity index is 7720. The molecule has 5 saturated carbocycles. The van der Waals surface area contributed by atoms with E-state index in [-0.39, 0.29) is 132 Å². The van der Waals surface area contributed by atoms with Crippen LogP contribution in [0.2, 0.25) is 0 Å². The fourth-order valence-corrected chi connectivity index (χ4v) is 19.3. The number of fused-ring (bicyclic) bond motifs is 8. The summed E-state index contributed by atoms with van der Waals surface area (Å²) < 4.78 is 78.4. The van der Waals surface area contributed by atoms with E-state index < -0.39 is 67.8 Å². The molecule has 1 aromatic carbocycles. The highest BCUT2D eigenvalue weighted by Gasteiger charge is 2.36. The first kappa shape index (κ1) is 101. The van der Waals surface area contributed by atoms with Gasteiger partial charge in [-0.1, -0.05) is 160 Å². The van der Waals surface area contributed by atoms with Crippen LogP contribution in [0.5, 0.6) is 30.1 Å². The zero-order valence-corrected chi connectivity index (χ0v) is 79.9. The van der Waals surface area contributed by atoms with E-state index in [9.17, 15) is 65.5 Å². The number of hydrogen-bond donors (Lipinski definition) is 5. The molecule has 0 saturated heterocycles. The van der Waals surface area contributed by atoms with Gasteiger partial charge >= 0.3 is 58.2 Å². The van der Waals surface area contributed by atoms with Crippen molar-refractivity contribution in [3.63, 3.8) is 0 Å². The molecular formula is C103H109F4N17O20. The number of aromatic nitrogens is 12. The van der Waals surface area contributed by atoms with E-state index in [0.29, 0.717) is 112 Å². The van der Waals surface area contributed by atoms with Crippen LogP contribution in [-0.2, 0) is 51.4 Å². The molecule has 0 bridgehead atoms. The molecule has 37 nitrogen and oxygen atoms in total. The van der Waals surface area contributed by atoms with Gasteiger partial charge in [0.1, 0.15) is 38.4 Å². The Morgan fingerprint density at radius 2 is 0.653 bits per heavy atom. The Kier molecular flexibility index (Phi) is 32.1. The molecule has 5 fully saturated rings. The van der Waals surface area contributed by atoms with Crippen LogP contribution in [-0.4, -0.2) is 100 Å². The van der Waals surface area contributed by atoms with Gasteiger partial charge in [0, 0.05) is 74.0 Å². The van der Waals surface area contributed by atoms with Gasteiger partial charge in [-0.05, 0) is 222 Å². The maximum Gasteiger partial charge on any atom is 0.337 e. The lowest BCUT2D eigenvalue weighted by atomic mass is 9.81. The molecule has 5 N–H and O–H groups in total. The smallest absolute Gasteiger partial charge is 0.337 e. The summed E-state index contributed by atoms with van der Waals surface area (Å²) in [7, 11) is 0. The lowest BCUT2D eigenvalue weighted by Gasteiger charge is -2.25. The summed E-state index contributed by atoms with van der Waals surface area (Å²) in [4.78, 5) is 191. The second-order valence-corrected chi connectivity index (χ2v) is 37.9. The minimum Gasteiger partial charge on any atom is -0.403 e. The summed E-state index contributed by atoms with van der Waals surface area (Å²) in [6, 6.07) is 21.8. The normalized spacial score (nSPS) is 17.4. The molecule has 144 heavy (non-hydrogen) atoms. The molecule has 0 unspecified atom stereocenters. The Morgan fingerprint density at radius 3 is 0.986 bits per heavy atom. The average Bonchev–Trinajstić information content (AvgIpc) is 0.955. The highest BCUT2D eigenvalue weighted by molar-refractivity contribution is 6.03. The van der Waals surface area contributed by atoms with Crippen LogP contribution in [0.15, 0.2) is 187 Å². The van der Waals surface area contributed by atoms with Crippen molar-refractivity contribution in [2.45, 2.75) is 277 Å². The number of nitrogens with zero attached hydrogens (tertiary/aromatic N) is 12. The predicted octanol–water partition coefficient (Wildman–Crippen LogP) is 16.9. The van der Waals surface area contributed by atoms with Gasteiger partial charge in [-0.2, -0.15) is 24.9 Å². The zero-order chi connectivity index (χ0) is 101. The quantitative estimate of drug-likeness (QED) is 0.0277. The largest absolute Gasteiger partial charge is 0.403 e. The number of alkyl halides is 4. The summed E-state index contributed by atoms with van der Waals surface area (Å²) in [5, 5.41) is 21.5. The summed E-state index contributed by atoms with van der Waals surface area (Å²) in [6.07, 6.45) is 31.6. The maximum atomic E-state index is 13.2. The Morgan fingerprint density at radius 1 is 0.354 bits per heavy atom. The SMILES string of the molecule is CC(C)CCc1cc(=O)oc2nc(O/N=C3\CCCc4cccnc43)[nH]c(=O)c12.CCCc1cc(=O)oc2nc(O/N=C3\CCCc4ccccc43)[nH]c(=O)c12.O=c1cc(CCC2CCC2)c2c(=O)[nH]c(ON=C3CCC(F)(F)CC3)nc2o1.O=c1cc(CCC2CCCC2)c2c(=O)[nH]c(O/N=C3\CCCc4cccnc43)nc2o1.O=c1cc(CCC2CCCC2)c2c(=O)[nH]c(ON=C3CCC(F)(F)CC3)nc2o1. The molecule has 0 atom stereocenters. The summed E-state index contributed by atoms with van der Waals surface area (Å²) in [6.45, 7) is 6.14. The van der Waals surface area contributed by atoms with Crippen molar-refractivity contribution in [3.8, 4) is 30.1 Å².